The molecule has 1 heterocycles. The second kappa shape index (κ2) is 3.30. The summed E-state index contributed by atoms with van der Waals surface area (Å²) in [6, 6.07) is 5.26. The van der Waals surface area contributed by atoms with E-state index >= 15 is 0 Å². The van der Waals surface area contributed by atoms with Crippen molar-refractivity contribution in [3.63, 3.8) is 0 Å². The standard InChI is InChI=1S/C8H7N3O2S/c12-8(13)4-11-7-2-1-5(14)3-6(7)9-10-11/h1-3,14H,4H2,(H,12,13). The van der Waals surface area contributed by atoms with E-state index in [4.69, 9.17) is 5.11 Å². The van der Waals surface area contributed by atoms with Crippen molar-refractivity contribution in [2.45, 2.75) is 11.4 Å². The van der Waals surface area contributed by atoms with Crippen LogP contribution in [-0.4, -0.2) is 26.1 Å². The first-order chi connectivity index (χ1) is 6.66. The van der Waals surface area contributed by atoms with Crippen molar-refractivity contribution in [1.29, 1.82) is 0 Å². The van der Waals surface area contributed by atoms with Gasteiger partial charge in [0.2, 0.25) is 0 Å². The molecule has 14 heavy (non-hydrogen) atoms. The van der Waals surface area contributed by atoms with Crippen LogP contribution in [0, 0.1) is 0 Å². The SMILES string of the molecule is O=C(O)Cn1nnc2cc(S)ccc21. The predicted octanol–water partition coefficient (Wildman–Crippen LogP) is 0.805. The molecule has 0 aliphatic carbocycles. The van der Waals surface area contributed by atoms with Crippen molar-refractivity contribution in [1.82, 2.24) is 15.0 Å². The number of aliphatic carboxylic acids is 1. The second-order valence-electron chi connectivity index (χ2n) is 2.81. The minimum absolute atomic E-state index is 0.178. The molecule has 0 radical (unpaired) electrons. The lowest BCUT2D eigenvalue weighted by Crippen LogP contribution is -2.09. The third-order valence-electron chi connectivity index (χ3n) is 1.78. The third-order valence-corrected chi connectivity index (χ3v) is 2.06. The van der Waals surface area contributed by atoms with Gasteiger partial charge in [0.25, 0.3) is 0 Å². The molecule has 0 saturated carbocycles. The van der Waals surface area contributed by atoms with Gasteiger partial charge in [-0.1, -0.05) is 5.21 Å². The number of carbonyl (C=O) groups is 1. The number of hydrogen-bond acceptors (Lipinski definition) is 4. The second-order valence-corrected chi connectivity index (χ2v) is 3.33. The van der Waals surface area contributed by atoms with Crippen LogP contribution in [0.1, 0.15) is 0 Å². The number of hydrogen-bond donors (Lipinski definition) is 2. The lowest BCUT2D eigenvalue weighted by atomic mass is 10.3. The first-order valence-electron chi connectivity index (χ1n) is 3.91. The van der Waals surface area contributed by atoms with Crippen molar-refractivity contribution >= 4 is 29.6 Å². The number of benzene rings is 1. The maximum atomic E-state index is 10.5. The highest BCUT2D eigenvalue weighted by Crippen LogP contribution is 2.15. The van der Waals surface area contributed by atoms with Gasteiger partial charge in [-0.2, -0.15) is 0 Å². The average Bonchev–Trinajstić information content (AvgIpc) is 2.47. The Kier molecular flexibility index (Phi) is 2.12. The zero-order valence-electron chi connectivity index (χ0n) is 7.08. The first kappa shape index (κ1) is 9.01. The fraction of sp³-hybridized carbons (Fsp3) is 0.125. The van der Waals surface area contributed by atoms with Crippen LogP contribution in [0.25, 0.3) is 11.0 Å². The van der Waals surface area contributed by atoms with E-state index < -0.39 is 5.97 Å². The number of nitrogens with zero attached hydrogens (tertiary/aromatic N) is 3. The van der Waals surface area contributed by atoms with Crippen LogP contribution in [0.15, 0.2) is 23.1 Å². The van der Waals surface area contributed by atoms with Gasteiger partial charge >= 0.3 is 5.97 Å². The average molecular weight is 209 g/mol. The lowest BCUT2D eigenvalue weighted by molar-refractivity contribution is -0.137. The summed E-state index contributed by atoms with van der Waals surface area (Å²) in [5.74, 6) is -0.938. The van der Waals surface area contributed by atoms with Crippen LogP contribution in [0.5, 0.6) is 0 Å². The Morgan fingerprint density at radius 1 is 1.57 bits per heavy atom. The molecule has 1 N–H and O–H groups in total. The highest BCUT2D eigenvalue weighted by atomic mass is 32.1. The Balaban J connectivity index is 2.52. The van der Waals surface area contributed by atoms with E-state index in [1.54, 1.807) is 18.2 Å². The van der Waals surface area contributed by atoms with Gasteiger partial charge in [-0.05, 0) is 18.2 Å². The Morgan fingerprint density at radius 2 is 2.36 bits per heavy atom. The Labute approximate surface area is 84.7 Å². The van der Waals surface area contributed by atoms with Crippen molar-refractivity contribution in [3.8, 4) is 0 Å². The molecule has 0 saturated heterocycles. The summed E-state index contributed by atoms with van der Waals surface area (Å²) in [7, 11) is 0. The van der Waals surface area contributed by atoms with Crippen LogP contribution >= 0.6 is 12.6 Å². The van der Waals surface area contributed by atoms with Crippen molar-refractivity contribution < 1.29 is 9.90 Å². The Morgan fingerprint density at radius 3 is 3.07 bits per heavy atom. The molecule has 1 aromatic heterocycles. The zero-order chi connectivity index (χ0) is 10.1. The van der Waals surface area contributed by atoms with Gasteiger partial charge in [0.05, 0.1) is 5.52 Å². The summed E-state index contributed by atoms with van der Waals surface area (Å²) in [4.78, 5) is 11.3. The Bertz CT molecular complexity index is 494. The van der Waals surface area contributed by atoms with Crippen LogP contribution < -0.4 is 0 Å². The summed E-state index contributed by atoms with van der Waals surface area (Å²) in [6.07, 6.45) is 0. The van der Waals surface area contributed by atoms with E-state index in [1.165, 1.54) is 4.68 Å². The molecule has 0 aliphatic heterocycles. The van der Waals surface area contributed by atoms with Crippen LogP contribution in [0.2, 0.25) is 0 Å². The number of carboxylic acids is 1. The topological polar surface area (TPSA) is 68.0 Å². The summed E-state index contributed by atoms with van der Waals surface area (Å²) in [6.45, 7) is -0.178. The lowest BCUT2D eigenvalue weighted by Gasteiger charge is -1.96. The molecular weight excluding hydrogens is 202 g/mol. The molecule has 0 unspecified atom stereocenters. The summed E-state index contributed by atoms with van der Waals surface area (Å²) in [5.41, 5.74) is 1.35. The molecule has 0 amide bonds. The van der Waals surface area contributed by atoms with Gasteiger partial charge in [-0.3, -0.25) is 4.79 Å². The van der Waals surface area contributed by atoms with Gasteiger partial charge in [0.1, 0.15) is 12.1 Å². The normalized spacial score (nSPS) is 10.6. The minimum Gasteiger partial charge on any atom is -0.480 e. The quantitative estimate of drug-likeness (QED) is 0.718. The smallest absolute Gasteiger partial charge is 0.325 e. The van der Waals surface area contributed by atoms with Crippen molar-refractivity contribution in [2.24, 2.45) is 0 Å². The molecule has 1 aromatic carbocycles. The molecule has 5 nitrogen and oxygen atoms in total. The number of thiol groups is 1. The van der Waals surface area contributed by atoms with Gasteiger partial charge in [0, 0.05) is 4.90 Å². The fourth-order valence-electron chi connectivity index (χ4n) is 1.21. The zero-order valence-corrected chi connectivity index (χ0v) is 7.98. The fourth-order valence-corrected chi connectivity index (χ4v) is 1.40. The van der Waals surface area contributed by atoms with E-state index in [0.29, 0.717) is 11.0 Å². The van der Waals surface area contributed by atoms with E-state index in [1.807, 2.05) is 0 Å². The minimum atomic E-state index is -0.938. The molecule has 2 aromatic rings. The number of rotatable bonds is 2. The molecule has 0 bridgehead atoms. The maximum absolute atomic E-state index is 10.5. The maximum Gasteiger partial charge on any atom is 0.325 e. The molecule has 0 atom stereocenters. The summed E-state index contributed by atoms with van der Waals surface area (Å²) < 4.78 is 1.34. The largest absolute Gasteiger partial charge is 0.480 e. The van der Waals surface area contributed by atoms with Gasteiger partial charge in [0.15, 0.2) is 0 Å². The van der Waals surface area contributed by atoms with E-state index in [2.05, 4.69) is 22.9 Å². The predicted molar refractivity (Wildman–Crippen MR) is 52.4 cm³/mol. The van der Waals surface area contributed by atoms with E-state index in [0.717, 1.165) is 4.90 Å². The van der Waals surface area contributed by atoms with Gasteiger partial charge in [-0.25, -0.2) is 4.68 Å². The molecule has 72 valence electrons. The molecular formula is C8H7N3O2S. The summed E-state index contributed by atoms with van der Waals surface area (Å²) in [5, 5.41) is 16.2. The van der Waals surface area contributed by atoms with E-state index in [9.17, 15) is 4.79 Å². The molecule has 2 rings (SSSR count). The molecule has 6 heteroatoms. The van der Waals surface area contributed by atoms with Crippen molar-refractivity contribution in [2.75, 3.05) is 0 Å². The number of fused-ring (bicyclic) bond motifs is 1. The van der Waals surface area contributed by atoms with Crippen LogP contribution in [0.4, 0.5) is 0 Å². The highest BCUT2D eigenvalue weighted by molar-refractivity contribution is 7.80. The molecule has 0 spiro atoms. The molecule has 0 fully saturated rings. The van der Waals surface area contributed by atoms with Crippen molar-refractivity contribution in [3.05, 3.63) is 18.2 Å². The first-order valence-corrected chi connectivity index (χ1v) is 4.35. The van der Waals surface area contributed by atoms with E-state index in [-0.39, 0.29) is 6.54 Å². The van der Waals surface area contributed by atoms with Crippen LogP contribution in [0.3, 0.4) is 0 Å². The third kappa shape index (κ3) is 1.56. The highest BCUT2D eigenvalue weighted by Gasteiger charge is 2.06. The van der Waals surface area contributed by atoms with Gasteiger partial charge in [-0.15, -0.1) is 17.7 Å². The summed E-state index contributed by atoms with van der Waals surface area (Å²) >= 11 is 4.15. The monoisotopic (exact) mass is 209 g/mol. The van der Waals surface area contributed by atoms with Gasteiger partial charge < -0.3 is 5.11 Å². The molecule has 0 aliphatic rings. The number of aromatic nitrogens is 3. The van der Waals surface area contributed by atoms with Crippen LogP contribution in [-0.2, 0) is 11.3 Å². The Hall–Kier alpha value is -1.56. The number of carboxylic acid groups (broad SMARTS) is 1.